The zero-order valence-electron chi connectivity index (χ0n) is 16.3. The Balaban J connectivity index is 1.79. The fourth-order valence-electron chi connectivity index (χ4n) is 4.96. The van der Waals surface area contributed by atoms with Gasteiger partial charge in [-0.05, 0) is 34.9 Å². The van der Waals surface area contributed by atoms with Crippen molar-refractivity contribution >= 4 is 34.9 Å². The van der Waals surface area contributed by atoms with Crippen LogP contribution < -0.4 is 4.90 Å². The van der Waals surface area contributed by atoms with Crippen LogP contribution in [0.2, 0.25) is 5.02 Å². The van der Waals surface area contributed by atoms with Gasteiger partial charge in [-0.1, -0.05) is 78.3 Å². The summed E-state index contributed by atoms with van der Waals surface area (Å²) in [7, 11) is 0. The van der Waals surface area contributed by atoms with Crippen LogP contribution in [-0.2, 0) is 10.3 Å². The molecule has 2 heterocycles. The number of Topliss-reactive ketones (excluding diaryl/α,β-unsaturated/α-hetero) is 1. The maximum Gasteiger partial charge on any atom is 0.195 e. The number of halogens is 1. The Kier molecular flexibility index (Phi) is 4.56. The smallest absolute Gasteiger partial charge is 0.195 e. The van der Waals surface area contributed by atoms with Gasteiger partial charge in [-0.25, -0.2) is 0 Å². The summed E-state index contributed by atoms with van der Waals surface area (Å²) in [5, 5.41) is 0.575. The van der Waals surface area contributed by atoms with Gasteiger partial charge in [-0.2, -0.15) is 0 Å². The van der Waals surface area contributed by atoms with E-state index in [1.165, 1.54) is 0 Å². The number of fused-ring (bicyclic) bond motifs is 3. The number of benzene rings is 3. The van der Waals surface area contributed by atoms with Crippen LogP contribution in [0.15, 0.2) is 84.9 Å². The molecule has 0 N–H and O–H groups in total. The molecule has 2 aliphatic heterocycles. The number of ketones is 1. The molecule has 0 radical (unpaired) electrons. The predicted molar refractivity (Wildman–Crippen MR) is 120 cm³/mol. The minimum atomic E-state index is -0.875. The minimum Gasteiger partial charge on any atom is -0.346 e. The zero-order valence-corrected chi connectivity index (χ0v) is 17.0. The van der Waals surface area contributed by atoms with Crippen LogP contribution in [-0.4, -0.2) is 18.1 Å². The molecular formula is C26H20ClNO2. The highest BCUT2D eigenvalue weighted by Gasteiger charge is 2.56. The van der Waals surface area contributed by atoms with Crippen LogP contribution in [0.3, 0.4) is 0 Å². The molecular weight excluding hydrogens is 394 g/mol. The van der Waals surface area contributed by atoms with Gasteiger partial charge in [0, 0.05) is 23.4 Å². The van der Waals surface area contributed by atoms with Crippen molar-refractivity contribution in [3.05, 3.63) is 107 Å². The van der Waals surface area contributed by atoms with Crippen LogP contribution in [0.25, 0.3) is 5.57 Å². The summed E-state index contributed by atoms with van der Waals surface area (Å²) in [4.78, 5) is 27.8. The topological polar surface area (TPSA) is 37.4 Å². The molecule has 0 aliphatic carbocycles. The van der Waals surface area contributed by atoms with Gasteiger partial charge >= 0.3 is 0 Å². The number of nitrogens with zero attached hydrogens (tertiary/aromatic N) is 1. The van der Waals surface area contributed by atoms with Crippen molar-refractivity contribution in [1.29, 1.82) is 0 Å². The molecule has 0 fully saturated rings. The SMILES string of the molecule is O=CC[C@@H]1C(c2ccccc2)=CC[C@@]2(c3ccccc3)C(=O)c3ccc(Cl)cc3N12. The Morgan fingerprint density at radius 2 is 1.70 bits per heavy atom. The second-order valence-corrected chi connectivity index (χ2v) is 8.17. The van der Waals surface area contributed by atoms with E-state index in [1.807, 2.05) is 60.7 Å². The van der Waals surface area contributed by atoms with Crippen LogP contribution in [0.4, 0.5) is 5.69 Å². The summed E-state index contributed by atoms with van der Waals surface area (Å²) >= 11 is 6.35. The van der Waals surface area contributed by atoms with Crippen LogP contribution in [0.5, 0.6) is 0 Å². The van der Waals surface area contributed by atoms with Gasteiger partial charge in [0.1, 0.15) is 11.8 Å². The summed E-state index contributed by atoms with van der Waals surface area (Å²) in [6, 6.07) is 25.1. The molecule has 0 spiro atoms. The lowest BCUT2D eigenvalue weighted by Crippen LogP contribution is -2.55. The third-order valence-electron chi connectivity index (χ3n) is 6.22. The summed E-state index contributed by atoms with van der Waals surface area (Å²) in [5.41, 5.74) is 3.64. The number of anilines is 1. The Morgan fingerprint density at radius 3 is 2.40 bits per heavy atom. The number of carbonyl (C=O) groups excluding carboxylic acids is 2. The molecule has 2 aliphatic rings. The van der Waals surface area contributed by atoms with E-state index in [1.54, 1.807) is 6.07 Å². The molecule has 0 saturated heterocycles. The van der Waals surface area contributed by atoms with E-state index in [4.69, 9.17) is 11.6 Å². The third-order valence-corrected chi connectivity index (χ3v) is 6.45. The molecule has 0 unspecified atom stereocenters. The Morgan fingerprint density at radius 1 is 1.00 bits per heavy atom. The molecule has 3 aromatic carbocycles. The van der Waals surface area contributed by atoms with E-state index >= 15 is 0 Å². The lowest BCUT2D eigenvalue weighted by atomic mass is 9.76. The van der Waals surface area contributed by atoms with Gasteiger partial charge in [-0.15, -0.1) is 0 Å². The molecule has 0 aromatic heterocycles. The van der Waals surface area contributed by atoms with Crippen molar-refractivity contribution in [3.63, 3.8) is 0 Å². The van der Waals surface area contributed by atoms with Crippen molar-refractivity contribution in [1.82, 2.24) is 0 Å². The lowest BCUT2D eigenvalue weighted by molar-refractivity contribution is -0.108. The van der Waals surface area contributed by atoms with Crippen molar-refractivity contribution in [2.24, 2.45) is 0 Å². The summed E-state index contributed by atoms with van der Waals surface area (Å²) in [6.45, 7) is 0. The first-order valence-corrected chi connectivity index (χ1v) is 10.4. The van der Waals surface area contributed by atoms with Crippen molar-refractivity contribution in [2.45, 2.75) is 24.4 Å². The molecule has 2 atom stereocenters. The second-order valence-electron chi connectivity index (χ2n) is 7.73. The number of carbonyl (C=O) groups is 2. The summed E-state index contributed by atoms with van der Waals surface area (Å²) in [5.74, 6) is 0.0552. The van der Waals surface area contributed by atoms with E-state index < -0.39 is 5.54 Å². The first-order valence-electron chi connectivity index (χ1n) is 10.0. The average molecular weight is 414 g/mol. The van der Waals surface area contributed by atoms with E-state index in [-0.39, 0.29) is 18.2 Å². The highest BCUT2D eigenvalue weighted by Crippen LogP contribution is 2.53. The minimum absolute atomic E-state index is 0.0552. The second kappa shape index (κ2) is 7.26. The molecule has 0 bridgehead atoms. The van der Waals surface area contributed by atoms with Gasteiger partial charge in [-0.3, -0.25) is 4.79 Å². The highest BCUT2D eigenvalue weighted by molar-refractivity contribution is 6.31. The quantitative estimate of drug-likeness (QED) is 0.516. The van der Waals surface area contributed by atoms with E-state index in [0.717, 1.165) is 28.7 Å². The fourth-order valence-corrected chi connectivity index (χ4v) is 5.12. The molecule has 0 amide bonds. The van der Waals surface area contributed by atoms with Crippen molar-refractivity contribution in [3.8, 4) is 0 Å². The predicted octanol–water partition coefficient (Wildman–Crippen LogP) is 5.68. The standard InChI is InChI=1S/C26H20ClNO2/c27-20-11-12-22-24(17-20)28-23(14-16-29)21(18-7-3-1-4-8-18)13-15-26(28,25(22)30)19-9-5-2-6-10-19/h1-13,16-17,23H,14-15H2/t23-,26-/m1/s1. The van der Waals surface area contributed by atoms with Crippen molar-refractivity contribution < 1.29 is 9.59 Å². The fraction of sp³-hybridized carbons (Fsp3) is 0.154. The molecule has 30 heavy (non-hydrogen) atoms. The first-order chi connectivity index (χ1) is 14.7. The average Bonchev–Trinajstić information content (AvgIpc) is 3.04. The van der Waals surface area contributed by atoms with E-state index in [9.17, 15) is 9.59 Å². The normalized spacial score (nSPS) is 22.3. The third kappa shape index (κ3) is 2.66. The maximum absolute atomic E-state index is 13.9. The zero-order chi connectivity index (χ0) is 20.7. The van der Waals surface area contributed by atoms with Gasteiger partial charge < -0.3 is 9.69 Å². The monoisotopic (exact) mass is 413 g/mol. The number of aldehydes is 1. The Labute approximate surface area is 180 Å². The largest absolute Gasteiger partial charge is 0.346 e. The Bertz CT molecular complexity index is 1160. The first kappa shape index (κ1) is 18.8. The van der Waals surface area contributed by atoms with Crippen molar-refractivity contribution in [2.75, 3.05) is 4.90 Å². The van der Waals surface area contributed by atoms with Crippen LogP contribution in [0.1, 0.15) is 34.3 Å². The molecule has 0 saturated carbocycles. The molecule has 3 nitrogen and oxygen atoms in total. The number of hydrogen-bond acceptors (Lipinski definition) is 3. The summed E-state index contributed by atoms with van der Waals surface area (Å²) < 4.78 is 0. The van der Waals surface area contributed by atoms with E-state index in [2.05, 4.69) is 23.1 Å². The van der Waals surface area contributed by atoms with Gasteiger partial charge in [0.25, 0.3) is 0 Å². The van der Waals surface area contributed by atoms with Gasteiger partial charge in [0.2, 0.25) is 0 Å². The highest BCUT2D eigenvalue weighted by atomic mass is 35.5. The number of rotatable bonds is 4. The summed E-state index contributed by atoms with van der Waals surface area (Å²) in [6.07, 6.45) is 3.89. The molecule has 4 heteroatoms. The molecule has 148 valence electrons. The van der Waals surface area contributed by atoms with Gasteiger partial charge in [0.05, 0.1) is 11.7 Å². The lowest BCUT2D eigenvalue weighted by Gasteiger charge is -2.47. The molecule has 5 rings (SSSR count). The number of hydrogen-bond donors (Lipinski definition) is 0. The van der Waals surface area contributed by atoms with Crippen LogP contribution in [0, 0.1) is 0 Å². The molecule has 3 aromatic rings. The Hall–Kier alpha value is -3.17. The van der Waals surface area contributed by atoms with E-state index in [0.29, 0.717) is 17.0 Å². The maximum atomic E-state index is 13.9. The van der Waals surface area contributed by atoms with Crippen LogP contribution >= 0.6 is 11.6 Å². The van der Waals surface area contributed by atoms with Gasteiger partial charge in [0.15, 0.2) is 5.78 Å².